The smallest absolute Gasteiger partial charge is 0.277 e. The van der Waals surface area contributed by atoms with Crippen LogP contribution in [-0.4, -0.2) is 26.0 Å². The van der Waals surface area contributed by atoms with E-state index in [2.05, 4.69) is 20.7 Å². The summed E-state index contributed by atoms with van der Waals surface area (Å²) in [5.74, 6) is -0.546. The van der Waals surface area contributed by atoms with Gasteiger partial charge in [0.15, 0.2) is 0 Å². The monoisotopic (exact) mass is 321 g/mol. The van der Waals surface area contributed by atoms with Crippen LogP contribution in [0.15, 0.2) is 48.9 Å². The molecule has 3 aromatic rings. The fourth-order valence-electron chi connectivity index (χ4n) is 2.03. The van der Waals surface area contributed by atoms with Gasteiger partial charge in [0.2, 0.25) is 0 Å². The molecule has 0 unspecified atom stereocenters. The van der Waals surface area contributed by atoms with Crippen molar-refractivity contribution in [1.29, 1.82) is 0 Å². The molecular formula is C14H10F3N5O. The number of aromatic nitrogens is 4. The average Bonchev–Trinajstić information content (AvgIpc) is 3.17. The molecule has 0 aliphatic carbocycles. The maximum atomic E-state index is 12.8. The summed E-state index contributed by atoms with van der Waals surface area (Å²) >= 11 is 0. The molecule has 9 heteroatoms. The average molecular weight is 321 g/mol. The van der Waals surface area contributed by atoms with Crippen molar-refractivity contribution in [3.63, 3.8) is 0 Å². The molecule has 2 N–H and O–H groups in total. The van der Waals surface area contributed by atoms with E-state index in [1.165, 1.54) is 35.5 Å². The molecule has 0 saturated heterocycles. The van der Waals surface area contributed by atoms with Gasteiger partial charge in [-0.2, -0.15) is 28.2 Å². The fraction of sp³-hybridized carbons (Fsp3) is 0.0714. The Labute approximate surface area is 127 Å². The first kappa shape index (κ1) is 14.8. The first-order valence-electron chi connectivity index (χ1n) is 6.47. The van der Waals surface area contributed by atoms with Crippen LogP contribution in [0.25, 0.3) is 11.3 Å². The zero-order chi connectivity index (χ0) is 16.4. The number of nitrogens with one attached hydrogen (secondary N) is 2. The Bertz CT molecular complexity index is 823. The van der Waals surface area contributed by atoms with Crippen LogP contribution in [0.4, 0.5) is 13.2 Å². The molecule has 2 heterocycles. The Morgan fingerprint density at radius 1 is 1.26 bits per heavy atom. The van der Waals surface area contributed by atoms with Crippen LogP contribution in [-0.2, 0) is 6.18 Å². The van der Waals surface area contributed by atoms with Gasteiger partial charge < -0.3 is 0 Å². The molecule has 6 nitrogen and oxygen atoms in total. The fourth-order valence-corrected chi connectivity index (χ4v) is 2.03. The van der Waals surface area contributed by atoms with Gasteiger partial charge in [-0.25, -0.2) is 5.43 Å². The van der Waals surface area contributed by atoms with Crippen LogP contribution in [0.2, 0.25) is 0 Å². The van der Waals surface area contributed by atoms with Gasteiger partial charge >= 0.3 is 6.18 Å². The predicted molar refractivity (Wildman–Crippen MR) is 74.9 cm³/mol. The van der Waals surface area contributed by atoms with Gasteiger partial charge in [-0.1, -0.05) is 12.1 Å². The van der Waals surface area contributed by atoms with Crippen molar-refractivity contribution in [2.45, 2.75) is 6.18 Å². The molecule has 3 rings (SSSR count). The molecule has 0 atom stereocenters. The van der Waals surface area contributed by atoms with Gasteiger partial charge in [0, 0.05) is 11.8 Å². The normalized spacial score (nSPS) is 11.4. The Kier molecular flexibility index (Phi) is 3.61. The van der Waals surface area contributed by atoms with Crippen LogP contribution in [0, 0.1) is 0 Å². The number of hydrogen-bond donors (Lipinski definition) is 2. The first-order valence-corrected chi connectivity index (χ1v) is 6.47. The summed E-state index contributed by atoms with van der Waals surface area (Å²) in [5, 5.41) is 10.1. The van der Waals surface area contributed by atoms with Crippen molar-refractivity contribution in [2.24, 2.45) is 0 Å². The number of amides is 1. The quantitative estimate of drug-likeness (QED) is 0.779. The summed E-state index contributed by atoms with van der Waals surface area (Å²) in [6, 6.07) is 6.27. The lowest BCUT2D eigenvalue weighted by Crippen LogP contribution is -2.23. The van der Waals surface area contributed by atoms with Gasteiger partial charge in [-0.3, -0.25) is 9.89 Å². The molecule has 1 amide bonds. The molecule has 0 radical (unpaired) electrons. The summed E-state index contributed by atoms with van der Waals surface area (Å²) in [6.07, 6.45) is -0.229. The third kappa shape index (κ3) is 3.07. The molecule has 0 fully saturated rings. The molecule has 0 bridgehead atoms. The number of carbonyl (C=O) groups is 1. The lowest BCUT2D eigenvalue weighted by molar-refractivity contribution is -0.137. The molecule has 0 aliphatic heterocycles. The summed E-state index contributed by atoms with van der Waals surface area (Å²) < 4.78 is 38.4. The molecule has 0 saturated carbocycles. The van der Waals surface area contributed by atoms with E-state index in [9.17, 15) is 18.0 Å². The van der Waals surface area contributed by atoms with Crippen molar-refractivity contribution in [3.05, 3.63) is 60.0 Å². The molecule has 23 heavy (non-hydrogen) atoms. The van der Waals surface area contributed by atoms with E-state index in [0.29, 0.717) is 0 Å². The number of alkyl halides is 3. The second kappa shape index (κ2) is 5.59. The number of carbonyl (C=O) groups excluding carboxylic acids is 1. The van der Waals surface area contributed by atoms with Crippen LogP contribution < -0.4 is 5.43 Å². The van der Waals surface area contributed by atoms with Crippen LogP contribution in [0.1, 0.15) is 15.9 Å². The second-order valence-electron chi connectivity index (χ2n) is 4.63. The third-order valence-corrected chi connectivity index (χ3v) is 3.08. The van der Waals surface area contributed by atoms with Crippen molar-refractivity contribution in [1.82, 2.24) is 20.1 Å². The van der Waals surface area contributed by atoms with E-state index in [1.807, 2.05) is 0 Å². The van der Waals surface area contributed by atoms with E-state index in [4.69, 9.17) is 0 Å². The topological polar surface area (TPSA) is 75.6 Å². The molecule has 1 aromatic carbocycles. The summed E-state index contributed by atoms with van der Waals surface area (Å²) in [4.78, 5) is 13.4. The highest BCUT2D eigenvalue weighted by Gasteiger charge is 2.31. The molecule has 0 aliphatic rings. The number of aromatic amines is 1. The second-order valence-corrected chi connectivity index (χ2v) is 4.63. The lowest BCUT2D eigenvalue weighted by atomic mass is 10.0. The third-order valence-electron chi connectivity index (χ3n) is 3.08. The molecular weight excluding hydrogens is 311 g/mol. The zero-order valence-corrected chi connectivity index (χ0v) is 11.5. The Morgan fingerprint density at radius 3 is 2.78 bits per heavy atom. The minimum atomic E-state index is -4.46. The van der Waals surface area contributed by atoms with E-state index >= 15 is 0 Å². The zero-order valence-electron chi connectivity index (χ0n) is 11.5. The van der Waals surface area contributed by atoms with E-state index in [-0.39, 0.29) is 16.8 Å². The van der Waals surface area contributed by atoms with E-state index in [0.717, 1.165) is 12.1 Å². The SMILES string of the molecule is O=C(Nn1cccn1)c1cn[nH]c1-c1cccc(C(F)(F)F)c1. The highest BCUT2D eigenvalue weighted by Crippen LogP contribution is 2.32. The number of hydrogen-bond acceptors (Lipinski definition) is 3. The maximum absolute atomic E-state index is 12.8. The minimum Gasteiger partial charge on any atom is -0.277 e. The number of benzene rings is 1. The summed E-state index contributed by atoms with van der Waals surface area (Å²) in [7, 11) is 0. The predicted octanol–water partition coefficient (Wildman–Crippen LogP) is 2.68. The highest BCUT2D eigenvalue weighted by molar-refractivity contribution is 6.04. The van der Waals surface area contributed by atoms with Crippen LogP contribution >= 0.6 is 0 Å². The lowest BCUT2D eigenvalue weighted by Gasteiger charge is -2.09. The number of nitrogens with zero attached hydrogens (tertiary/aromatic N) is 3. The Balaban J connectivity index is 1.93. The summed E-state index contributed by atoms with van der Waals surface area (Å²) in [6.45, 7) is 0. The van der Waals surface area contributed by atoms with Crippen molar-refractivity contribution in [3.8, 4) is 11.3 Å². The molecule has 118 valence electrons. The standard InChI is InChI=1S/C14H10F3N5O/c15-14(16,17)10-4-1-3-9(7-10)12-11(8-18-20-12)13(23)21-22-6-2-5-19-22/h1-8H,(H,18,20)(H,21,23). The van der Waals surface area contributed by atoms with E-state index in [1.54, 1.807) is 6.07 Å². The first-order chi connectivity index (χ1) is 10.9. The number of rotatable bonds is 3. The van der Waals surface area contributed by atoms with Gasteiger partial charge in [-0.15, -0.1) is 0 Å². The number of halogens is 3. The van der Waals surface area contributed by atoms with E-state index < -0.39 is 17.6 Å². The number of H-pyrrole nitrogens is 1. The largest absolute Gasteiger partial charge is 0.416 e. The van der Waals surface area contributed by atoms with Crippen LogP contribution in [0.5, 0.6) is 0 Å². The van der Waals surface area contributed by atoms with Gasteiger partial charge in [0.05, 0.1) is 29.2 Å². The highest BCUT2D eigenvalue weighted by atomic mass is 19.4. The maximum Gasteiger partial charge on any atom is 0.416 e. The Morgan fingerprint density at radius 2 is 2.09 bits per heavy atom. The van der Waals surface area contributed by atoms with Crippen molar-refractivity contribution < 1.29 is 18.0 Å². The minimum absolute atomic E-state index is 0.111. The van der Waals surface area contributed by atoms with Crippen molar-refractivity contribution >= 4 is 5.91 Å². The molecule has 0 spiro atoms. The molecule has 2 aromatic heterocycles. The van der Waals surface area contributed by atoms with Gasteiger partial charge in [0.25, 0.3) is 5.91 Å². The Hall–Kier alpha value is -3.10. The van der Waals surface area contributed by atoms with Crippen LogP contribution in [0.3, 0.4) is 0 Å². The summed E-state index contributed by atoms with van der Waals surface area (Å²) in [5.41, 5.74) is 2.18. The van der Waals surface area contributed by atoms with Crippen molar-refractivity contribution in [2.75, 3.05) is 5.43 Å². The van der Waals surface area contributed by atoms with Gasteiger partial charge in [0.1, 0.15) is 0 Å². The van der Waals surface area contributed by atoms with Gasteiger partial charge in [-0.05, 0) is 18.2 Å².